The van der Waals surface area contributed by atoms with Gasteiger partial charge in [-0.2, -0.15) is 0 Å². The first-order chi connectivity index (χ1) is 18.3. The van der Waals surface area contributed by atoms with Crippen molar-refractivity contribution >= 4 is 45.3 Å². The number of ether oxygens (including phenoxy) is 2. The molecule has 0 atom stereocenters. The van der Waals surface area contributed by atoms with Gasteiger partial charge in [0.2, 0.25) is 0 Å². The number of carbonyl (C=O) groups excluding carboxylic acids is 2. The fraction of sp³-hybridized carbons (Fsp3) is 0.0769. The molecular weight excluding hydrogens is 496 g/mol. The maximum Gasteiger partial charge on any atom is 0.310 e. The van der Waals surface area contributed by atoms with Crippen LogP contribution in [0.25, 0.3) is 10.8 Å². The Labute approximate surface area is 215 Å². The molecule has 2 amide bonds. The van der Waals surface area contributed by atoms with Crippen molar-refractivity contribution in [2.45, 2.75) is 0 Å². The standard InChI is InChI=1S/C26H20N4O8/c31-25(15-37-23-13-3-1-11-21(23)29(33)34)27-19-9-5-8-18-17(19)7-6-10-20(18)28-26(32)16-38-24-14-4-2-12-22(24)30(35)36/h1-14H,15-16H2,(H,27,31)(H,28,32). The van der Waals surface area contributed by atoms with E-state index in [4.69, 9.17) is 9.47 Å². The van der Waals surface area contributed by atoms with Gasteiger partial charge in [0.25, 0.3) is 11.8 Å². The molecule has 0 aliphatic rings. The van der Waals surface area contributed by atoms with Crippen LogP contribution in [0.1, 0.15) is 0 Å². The number of para-hydroxylation sites is 4. The van der Waals surface area contributed by atoms with Gasteiger partial charge in [-0.1, -0.05) is 48.5 Å². The number of carbonyl (C=O) groups is 2. The Morgan fingerprint density at radius 2 is 1.00 bits per heavy atom. The second-order valence-corrected chi connectivity index (χ2v) is 7.83. The first-order valence-electron chi connectivity index (χ1n) is 11.2. The molecule has 2 N–H and O–H groups in total. The number of hydrogen-bond acceptors (Lipinski definition) is 8. The zero-order valence-electron chi connectivity index (χ0n) is 19.7. The molecule has 0 spiro atoms. The Bertz CT molecular complexity index is 1420. The number of benzene rings is 4. The van der Waals surface area contributed by atoms with Gasteiger partial charge in [0.1, 0.15) is 0 Å². The van der Waals surface area contributed by atoms with Gasteiger partial charge in [0.15, 0.2) is 24.7 Å². The second-order valence-electron chi connectivity index (χ2n) is 7.83. The van der Waals surface area contributed by atoms with Crippen molar-refractivity contribution in [3.05, 3.63) is 105 Å². The van der Waals surface area contributed by atoms with E-state index in [1.54, 1.807) is 48.5 Å². The molecule has 0 fully saturated rings. The average molecular weight is 516 g/mol. The molecule has 0 aliphatic heterocycles. The number of nitro groups is 2. The number of nitro benzene ring substituents is 2. The number of anilines is 2. The summed E-state index contributed by atoms with van der Waals surface area (Å²) >= 11 is 0. The van der Waals surface area contributed by atoms with E-state index in [1.165, 1.54) is 36.4 Å². The van der Waals surface area contributed by atoms with Gasteiger partial charge in [0, 0.05) is 34.3 Å². The van der Waals surface area contributed by atoms with Gasteiger partial charge in [0.05, 0.1) is 9.85 Å². The van der Waals surface area contributed by atoms with E-state index < -0.39 is 34.9 Å². The fourth-order valence-electron chi connectivity index (χ4n) is 3.65. The monoisotopic (exact) mass is 516 g/mol. The van der Waals surface area contributed by atoms with E-state index in [1.807, 2.05) is 0 Å². The number of fused-ring (bicyclic) bond motifs is 1. The normalized spacial score (nSPS) is 10.4. The minimum atomic E-state index is -0.597. The topological polar surface area (TPSA) is 163 Å². The summed E-state index contributed by atoms with van der Waals surface area (Å²) < 4.78 is 10.7. The molecule has 38 heavy (non-hydrogen) atoms. The molecule has 0 aromatic heterocycles. The number of nitrogens with zero attached hydrogens (tertiary/aromatic N) is 2. The molecule has 0 saturated heterocycles. The summed E-state index contributed by atoms with van der Waals surface area (Å²) in [7, 11) is 0. The van der Waals surface area contributed by atoms with Crippen LogP contribution < -0.4 is 20.1 Å². The number of hydrogen-bond donors (Lipinski definition) is 2. The molecule has 12 heteroatoms. The quantitative estimate of drug-likeness (QED) is 0.226. The molecule has 0 heterocycles. The van der Waals surface area contributed by atoms with Crippen LogP contribution >= 0.6 is 0 Å². The van der Waals surface area contributed by atoms with Crippen molar-refractivity contribution in [3.8, 4) is 11.5 Å². The van der Waals surface area contributed by atoms with Crippen LogP contribution in [0.3, 0.4) is 0 Å². The Morgan fingerprint density at radius 1 is 0.605 bits per heavy atom. The average Bonchev–Trinajstić information content (AvgIpc) is 2.91. The maximum absolute atomic E-state index is 12.5. The predicted molar refractivity (Wildman–Crippen MR) is 138 cm³/mol. The Morgan fingerprint density at radius 3 is 1.39 bits per heavy atom. The van der Waals surface area contributed by atoms with Gasteiger partial charge in [-0.25, -0.2) is 0 Å². The van der Waals surface area contributed by atoms with Gasteiger partial charge in [-0.05, 0) is 24.3 Å². The fourth-order valence-corrected chi connectivity index (χ4v) is 3.65. The highest BCUT2D eigenvalue weighted by Crippen LogP contribution is 2.30. The highest BCUT2D eigenvalue weighted by molar-refractivity contribution is 6.09. The molecule has 0 saturated carbocycles. The van der Waals surface area contributed by atoms with Crippen LogP contribution in [0.2, 0.25) is 0 Å². The van der Waals surface area contributed by atoms with Gasteiger partial charge >= 0.3 is 11.4 Å². The van der Waals surface area contributed by atoms with E-state index >= 15 is 0 Å². The van der Waals surface area contributed by atoms with Crippen molar-refractivity contribution in [1.82, 2.24) is 0 Å². The summed E-state index contributed by atoms with van der Waals surface area (Å²) in [5.74, 6) is -1.14. The highest BCUT2D eigenvalue weighted by atomic mass is 16.6. The largest absolute Gasteiger partial charge is 0.477 e. The Kier molecular flexibility index (Phi) is 7.72. The van der Waals surface area contributed by atoms with Crippen molar-refractivity contribution in [3.63, 3.8) is 0 Å². The summed E-state index contributed by atoms with van der Waals surface area (Å²) in [5.41, 5.74) is 0.366. The van der Waals surface area contributed by atoms with E-state index in [0.29, 0.717) is 22.1 Å². The minimum Gasteiger partial charge on any atom is -0.477 e. The first kappa shape index (κ1) is 25.6. The lowest BCUT2D eigenvalue weighted by Crippen LogP contribution is -2.21. The zero-order valence-corrected chi connectivity index (χ0v) is 19.7. The third-order valence-corrected chi connectivity index (χ3v) is 5.31. The molecule has 4 aromatic rings. The summed E-state index contributed by atoms with van der Waals surface area (Å²) in [4.78, 5) is 46.1. The maximum atomic E-state index is 12.5. The Balaban J connectivity index is 1.43. The predicted octanol–water partition coefficient (Wildman–Crippen LogP) is 4.69. The SMILES string of the molecule is O=C(COc1ccccc1[N+](=O)[O-])Nc1cccc2c(NC(=O)COc3ccccc3[N+](=O)[O-])cccc12. The van der Waals surface area contributed by atoms with Crippen LogP contribution in [0.4, 0.5) is 22.7 Å². The van der Waals surface area contributed by atoms with Gasteiger partial charge in [-0.15, -0.1) is 0 Å². The summed E-state index contributed by atoms with van der Waals surface area (Å²) in [6.45, 7) is -0.915. The van der Waals surface area contributed by atoms with E-state index in [2.05, 4.69) is 10.6 Å². The number of rotatable bonds is 10. The summed E-state index contributed by atoms with van der Waals surface area (Å²) in [5, 5.41) is 28.9. The summed E-state index contributed by atoms with van der Waals surface area (Å²) in [6, 6.07) is 21.6. The first-order valence-corrected chi connectivity index (χ1v) is 11.2. The lowest BCUT2D eigenvalue weighted by atomic mass is 10.1. The molecule has 4 aromatic carbocycles. The van der Waals surface area contributed by atoms with Crippen molar-refractivity contribution in [1.29, 1.82) is 0 Å². The molecule has 0 radical (unpaired) electrons. The van der Waals surface area contributed by atoms with E-state index in [9.17, 15) is 29.8 Å². The number of nitrogens with one attached hydrogen (secondary N) is 2. The molecule has 0 aliphatic carbocycles. The second kappa shape index (κ2) is 11.5. The van der Waals surface area contributed by atoms with Crippen LogP contribution in [-0.2, 0) is 9.59 Å². The lowest BCUT2D eigenvalue weighted by Gasteiger charge is -2.13. The number of amides is 2. The van der Waals surface area contributed by atoms with Crippen LogP contribution in [0.5, 0.6) is 11.5 Å². The third kappa shape index (κ3) is 5.99. The summed E-state index contributed by atoms with van der Waals surface area (Å²) in [6.07, 6.45) is 0. The Hall–Kier alpha value is -5.52. The molecular formula is C26H20N4O8. The lowest BCUT2D eigenvalue weighted by molar-refractivity contribution is -0.386. The van der Waals surface area contributed by atoms with Gasteiger partial charge in [-0.3, -0.25) is 29.8 Å². The van der Waals surface area contributed by atoms with Crippen molar-refractivity contribution in [2.75, 3.05) is 23.8 Å². The molecule has 12 nitrogen and oxygen atoms in total. The molecule has 192 valence electrons. The van der Waals surface area contributed by atoms with Gasteiger partial charge < -0.3 is 20.1 Å². The molecule has 0 unspecified atom stereocenters. The molecule has 4 rings (SSSR count). The van der Waals surface area contributed by atoms with Crippen molar-refractivity contribution in [2.24, 2.45) is 0 Å². The zero-order chi connectivity index (χ0) is 27.1. The van der Waals surface area contributed by atoms with Crippen molar-refractivity contribution < 1.29 is 28.9 Å². The minimum absolute atomic E-state index is 0.0291. The third-order valence-electron chi connectivity index (χ3n) is 5.31. The van der Waals surface area contributed by atoms with Crippen LogP contribution in [0.15, 0.2) is 84.9 Å². The van der Waals surface area contributed by atoms with E-state index in [-0.39, 0.29) is 22.9 Å². The molecule has 0 bridgehead atoms. The van der Waals surface area contributed by atoms with E-state index in [0.717, 1.165) is 0 Å². The van der Waals surface area contributed by atoms with Crippen LogP contribution in [0, 0.1) is 20.2 Å². The van der Waals surface area contributed by atoms with Crippen LogP contribution in [-0.4, -0.2) is 34.9 Å². The highest BCUT2D eigenvalue weighted by Gasteiger charge is 2.17. The smallest absolute Gasteiger partial charge is 0.310 e.